The largest absolute Gasteiger partial charge is 0.491 e. The number of nitrogens with one attached hydrogen (secondary N) is 1. The topological polar surface area (TPSA) is 56.8 Å². The fourth-order valence-corrected chi connectivity index (χ4v) is 3.16. The van der Waals surface area contributed by atoms with Crippen molar-refractivity contribution >= 4 is 17.2 Å². The third-order valence-electron chi connectivity index (χ3n) is 3.97. The van der Waals surface area contributed by atoms with Crippen LogP contribution in [0.2, 0.25) is 0 Å². The maximum atomic E-state index is 12.5. The molecule has 0 fully saturated rings. The molecule has 1 N–H and O–H groups in total. The summed E-state index contributed by atoms with van der Waals surface area (Å²) < 4.78 is 16.3. The minimum absolute atomic E-state index is 0.146. The van der Waals surface area contributed by atoms with Gasteiger partial charge in [-0.3, -0.25) is 4.79 Å². The molecule has 146 valence electrons. The number of rotatable bonds is 10. The van der Waals surface area contributed by atoms with Gasteiger partial charge in [0.15, 0.2) is 0 Å². The average Bonchev–Trinajstić information content (AvgIpc) is 3.25. The highest BCUT2D eigenvalue weighted by Crippen LogP contribution is 2.18. The fraction of sp³-hybridized carbons (Fsp3) is 0.227. The maximum absolute atomic E-state index is 12.5. The first kappa shape index (κ1) is 19.9. The predicted octanol–water partition coefficient (Wildman–Crippen LogP) is 4.28. The molecule has 3 aromatic rings. The quantitative estimate of drug-likeness (QED) is 0.519. The number of benzene rings is 2. The highest BCUT2D eigenvalue weighted by atomic mass is 32.1. The Balaban J connectivity index is 1.53. The number of methoxy groups -OCH3 is 1. The molecule has 1 amide bonds. The van der Waals surface area contributed by atoms with Crippen LogP contribution < -0.4 is 14.8 Å². The monoisotopic (exact) mass is 397 g/mol. The van der Waals surface area contributed by atoms with E-state index < -0.39 is 0 Å². The molecular weight excluding hydrogens is 374 g/mol. The van der Waals surface area contributed by atoms with Crippen molar-refractivity contribution in [1.82, 2.24) is 5.32 Å². The van der Waals surface area contributed by atoms with Crippen molar-refractivity contribution in [3.63, 3.8) is 0 Å². The number of hydrogen-bond donors (Lipinski definition) is 1. The Hall–Kier alpha value is -2.83. The van der Waals surface area contributed by atoms with Crippen molar-refractivity contribution in [2.24, 2.45) is 0 Å². The van der Waals surface area contributed by atoms with E-state index in [2.05, 4.69) is 5.32 Å². The molecule has 3 rings (SSSR count). The van der Waals surface area contributed by atoms with E-state index in [4.69, 9.17) is 14.2 Å². The van der Waals surface area contributed by atoms with Crippen molar-refractivity contribution in [1.29, 1.82) is 0 Å². The number of carbonyl (C=O) groups is 1. The molecule has 0 aliphatic rings. The van der Waals surface area contributed by atoms with Gasteiger partial charge in [0.1, 0.15) is 24.7 Å². The van der Waals surface area contributed by atoms with Gasteiger partial charge in [-0.05, 0) is 47.3 Å². The molecule has 0 atom stereocenters. The summed E-state index contributed by atoms with van der Waals surface area (Å²) >= 11 is 1.64. The van der Waals surface area contributed by atoms with Gasteiger partial charge >= 0.3 is 0 Å². The summed E-state index contributed by atoms with van der Waals surface area (Å²) in [4.78, 5) is 13.6. The molecule has 5 nitrogen and oxygen atoms in total. The van der Waals surface area contributed by atoms with Crippen molar-refractivity contribution in [2.45, 2.75) is 13.2 Å². The second kappa shape index (κ2) is 10.5. The van der Waals surface area contributed by atoms with E-state index in [1.165, 1.54) is 0 Å². The first-order chi connectivity index (χ1) is 13.7. The van der Waals surface area contributed by atoms with Gasteiger partial charge in [-0.25, -0.2) is 0 Å². The predicted molar refractivity (Wildman–Crippen MR) is 110 cm³/mol. The summed E-state index contributed by atoms with van der Waals surface area (Å²) in [5.74, 6) is 1.29. The van der Waals surface area contributed by atoms with Gasteiger partial charge < -0.3 is 19.5 Å². The van der Waals surface area contributed by atoms with Crippen LogP contribution in [0.3, 0.4) is 0 Å². The van der Waals surface area contributed by atoms with E-state index in [0.29, 0.717) is 37.7 Å². The Morgan fingerprint density at radius 1 is 0.964 bits per heavy atom. The molecule has 0 aliphatic heterocycles. The number of hydrogen-bond acceptors (Lipinski definition) is 5. The van der Waals surface area contributed by atoms with Crippen molar-refractivity contribution < 1.29 is 19.0 Å². The summed E-state index contributed by atoms with van der Waals surface area (Å²) in [6.07, 6.45) is 0. The summed E-state index contributed by atoms with van der Waals surface area (Å²) in [5, 5.41) is 4.95. The van der Waals surface area contributed by atoms with E-state index in [-0.39, 0.29) is 5.91 Å². The van der Waals surface area contributed by atoms with Crippen LogP contribution >= 0.6 is 11.3 Å². The van der Waals surface area contributed by atoms with Crippen LogP contribution in [0.25, 0.3) is 0 Å². The number of carbonyl (C=O) groups excluding carboxylic acids is 1. The lowest BCUT2D eigenvalue weighted by molar-refractivity contribution is 0.0950. The van der Waals surface area contributed by atoms with Crippen molar-refractivity contribution in [2.75, 3.05) is 20.3 Å². The molecule has 0 spiro atoms. The van der Waals surface area contributed by atoms with Crippen LogP contribution in [0.15, 0.2) is 66.0 Å². The minimum Gasteiger partial charge on any atom is -0.491 e. The number of thiophene rings is 1. The Labute approximate surface area is 168 Å². The van der Waals surface area contributed by atoms with Crippen LogP contribution in [0.5, 0.6) is 11.5 Å². The summed E-state index contributed by atoms with van der Waals surface area (Å²) in [5.41, 5.74) is 1.53. The highest BCUT2D eigenvalue weighted by Gasteiger charge is 2.07. The minimum atomic E-state index is -0.146. The zero-order chi connectivity index (χ0) is 19.6. The highest BCUT2D eigenvalue weighted by molar-refractivity contribution is 7.09. The zero-order valence-corrected chi connectivity index (χ0v) is 16.5. The van der Waals surface area contributed by atoms with Gasteiger partial charge in [0, 0.05) is 24.1 Å². The molecule has 0 saturated heterocycles. The summed E-state index contributed by atoms with van der Waals surface area (Å²) in [6.45, 7) is 1.94. The molecule has 0 bridgehead atoms. The molecule has 0 aliphatic carbocycles. The van der Waals surface area contributed by atoms with Crippen molar-refractivity contribution in [3.05, 3.63) is 82.0 Å². The van der Waals surface area contributed by atoms with Crippen LogP contribution in [-0.4, -0.2) is 26.2 Å². The molecular formula is C22H23NO4S. The molecule has 1 heterocycles. The Kier molecular flexibility index (Phi) is 7.46. The third kappa shape index (κ3) is 6.11. The lowest BCUT2D eigenvalue weighted by Gasteiger charge is -2.10. The Morgan fingerprint density at radius 3 is 2.57 bits per heavy atom. The Bertz CT molecular complexity index is 880. The number of amides is 1. The third-order valence-corrected chi connectivity index (χ3v) is 4.82. The molecule has 1 aromatic heterocycles. The summed E-state index contributed by atoms with van der Waals surface area (Å²) in [7, 11) is 1.64. The van der Waals surface area contributed by atoms with Gasteiger partial charge in [0.2, 0.25) is 0 Å². The van der Waals surface area contributed by atoms with E-state index in [1.54, 1.807) is 30.6 Å². The van der Waals surface area contributed by atoms with E-state index in [1.807, 2.05) is 53.9 Å². The molecule has 0 radical (unpaired) electrons. The standard InChI is InChI=1S/C22H23NO4S/c1-25-10-11-26-19-7-2-5-17(13-19)15-23-22(24)18-6-3-8-20(14-18)27-16-21-9-4-12-28-21/h2-9,12-14H,10-11,15-16H2,1H3,(H,23,24). The van der Waals surface area contributed by atoms with Gasteiger partial charge in [0.05, 0.1) is 6.61 Å². The first-order valence-electron chi connectivity index (χ1n) is 8.99. The number of ether oxygens (including phenoxy) is 3. The lowest BCUT2D eigenvalue weighted by atomic mass is 10.1. The second-order valence-corrected chi connectivity index (χ2v) is 7.10. The van der Waals surface area contributed by atoms with Gasteiger partial charge in [-0.1, -0.05) is 24.3 Å². The maximum Gasteiger partial charge on any atom is 0.251 e. The van der Waals surface area contributed by atoms with Gasteiger partial charge in [-0.2, -0.15) is 0 Å². The second-order valence-electron chi connectivity index (χ2n) is 6.07. The molecule has 0 saturated carbocycles. The van der Waals surface area contributed by atoms with Crippen LogP contribution in [-0.2, 0) is 17.9 Å². The smallest absolute Gasteiger partial charge is 0.251 e. The Morgan fingerprint density at radius 2 is 1.79 bits per heavy atom. The fourth-order valence-electron chi connectivity index (χ4n) is 2.55. The van der Waals surface area contributed by atoms with E-state index in [0.717, 1.165) is 16.2 Å². The van der Waals surface area contributed by atoms with E-state index >= 15 is 0 Å². The lowest BCUT2D eigenvalue weighted by Crippen LogP contribution is -2.22. The van der Waals surface area contributed by atoms with Gasteiger partial charge in [0.25, 0.3) is 5.91 Å². The SMILES string of the molecule is COCCOc1cccc(CNC(=O)c2cccc(OCc3cccs3)c2)c1. The van der Waals surface area contributed by atoms with Crippen molar-refractivity contribution in [3.8, 4) is 11.5 Å². The normalized spacial score (nSPS) is 10.5. The molecule has 0 unspecified atom stereocenters. The molecule has 6 heteroatoms. The van der Waals surface area contributed by atoms with Crippen LogP contribution in [0.4, 0.5) is 0 Å². The zero-order valence-electron chi connectivity index (χ0n) is 15.7. The summed E-state index contributed by atoms with van der Waals surface area (Å²) in [6, 6.07) is 18.9. The van der Waals surface area contributed by atoms with Crippen LogP contribution in [0.1, 0.15) is 20.8 Å². The molecule has 28 heavy (non-hydrogen) atoms. The first-order valence-corrected chi connectivity index (χ1v) is 9.86. The van der Waals surface area contributed by atoms with Gasteiger partial charge in [-0.15, -0.1) is 11.3 Å². The van der Waals surface area contributed by atoms with E-state index in [9.17, 15) is 4.79 Å². The van der Waals surface area contributed by atoms with Crippen LogP contribution in [0, 0.1) is 0 Å². The molecule has 2 aromatic carbocycles. The average molecular weight is 397 g/mol.